The number of halogens is 1. The molecule has 1 saturated heterocycles. The first-order chi connectivity index (χ1) is 16.5. The van der Waals surface area contributed by atoms with Gasteiger partial charge in [-0.25, -0.2) is 4.98 Å². The van der Waals surface area contributed by atoms with Crippen LogP contribution in [0.25, 0.3) is 22.5 Å². The molecule has 4 N–H and O–H groups in total. The summed E-state index contributed by atoms with van der Waals surface area (Å²) in [6.45, 7) is -0.330. The van der Waals surface area contributed by atoms with E-state index in [1.54, 1.807) is 12.1 Å². The molecular weight excluding hydrogens is 484 g/mol. The van der Waals surface area contributed by atoms with E-state index in [-0.39, 0.29) is 12.4 Å². The van der Waals surface area contributed by atoms with Gasteiger partial charge in [-0.15, -0.1) is 10.2 Å². The van der Waals surface area contributed by atoms with Gasteiger partial charge in [0.05, 0.1) is 28.2 Å². The quantitative estimate of drug-likeness (QED) is 0.305. The summed E-state index contributed by atoms with van der Waals surface area (Å²) in [7, 11) is 0. The zero-order valence-electron chi connectivity index (χ0n) is 17.6. The van der Waals surface area contributed by atoms with Gasteiger partial charge in [0.2, 0.25) is 11.8 Å². The normalized spacial score (nSPS) is 25.1. The fraction of sp³-hybridized carbons (Fsp3) is 0.318. The Bertz CT molecular complexity index is 1300. The summed E-state index contributed by atoms with van der Waals surface area (Å²) in [5.74, 6) is 0.599. The number of para-hydroxylation sites is 2. The highest BCUT2D eigenvalue weighted by atomic mass is 35.5. The second kappa shape index (κ2) is 9.62. The molecule has 2 aromatic heterocycles. The minimum Gasteiger partial charge on any atom is -0.419 e. The third-order valence-corrected chi connectivity index (χ3v) is 7.03. The molecule has 5 atom stereocenters. The van der Waals surface area contributed by atoms with E-state index < -0.39 is 36.5 Å². The number of rotatable bonds is 6. The van der Waals surface area contributed by atoms with Crippen LogP contribution in [0.5, 0.6) is 0 Å². The van der Waals surface area contributed by atoms with Crippen LogP contribution in [0.15, 0.2) is 58.1 Å². The molecule has 1 fully saturated rings. The van der Waals surface area contributed by atoms with E-state index in [1.807, 2.05) is 41.0 Å². The molecule has 0 saturated carbocycles. The van der Waals surface area contributed by atoms with E-state index in [2.05, 4.69) is 15.2 Å². The molecule has 34 heavy (non-hydrogen) atoms. The molecule has 2 aromatic carbocycles. The highest BCUT2D eigenvalue weighted by Gasteiger charge is 2.44. The van der Waals surface area contributed by atoms with Crippen molar-refractivity contribution in [2.45, 2.75) is 41.6 Å². The number of nitrogens with zero attached hydrogens (tertiary/aromatic N) is 4. The van der Waals surface area contributed by atoms with Gasteiger partial charge in [-0.2, -0.15) is 0 Å². The molecular formula is C22H21ClN4O6S. The van der Waals surface area contributed by atoms with Gasteiger partial charge in [0.1, 0.15) is 36.4 Å². The SMILES string of the molecule is OCC1OC(Sc2nc3ccccc3n2Cc2nnc(-c3ccccc3Cl)o2)C(O)C(O)C1O. The number of aromatic nitrogens is 4. The van der Waals surface area contributed by atoms with E-state index in [1.165, 1.54) is 0 Å². The molecule has 0 radical (unpaired) electrons. The third-order valence-electron chi connectivity index (χ3n) is 5.55. The van der Waals surface area contributed by atoms with Crippen LogP contribution in [0.2, 0.25) is 5.02 Å². The Labute approximate surface area is 202 Å². The Hall–Kier alpha value is -2.51. The van der Waals surface area contributed by atoms with Crippen molar-refractivity contribution in [3.05, 3.63) is 59.4 Å². The first kappa shape index (κ1) is 23.2. The molecule has 0 spiro atoms. The fourth-order valence-corrected chi connectivity index (χ4v) is 5.13. The van der Waals surface area contributed by atoms with Gasteiger partial charge in [-0.3, -0.25) is 0 Å². The highest BCUT2D eigenvalue weighted by Crippen LogP contribution is 2.35. The predicted molar refractivity (Wildman–Crippen MR) is 123 cm³/mol. The van der Waals surface area contributed by atoms with Crippen LogP contribution in [0.1, 0.15) is 5.89 Å². The van der Waals surface area contributed by atoms with Gasteiger partial charge in [0.15, 0.2) is 5.16 Å². The Kier molecular flexibility index (Phi) is 6.58. The van der Waals surface area contributed by atoms with E-state index in [9.17, 15) is 20.4 Å². The lowest BCUT2D eigenvalue weighted by Crippen LogP contribution is -2.57. The number of ether oxygens (including phenoxy) is 1. The summed E-state index contributed by atoms with van der Waals surface area (Å²) in [6.07, 6.45) is -5.32. The zero-order chi connectivity index (χ0) is 23.8. The van der Waals surface area contributed by atoms with E-state index in [0.717, 1.165) is 17.3 Å². The van der Waals surface area contributed by atoms with E-state index in [4.69, 9.17) is 20.8 Å². The number of benzene rings is 2. The van der Waals surface area contributed by atoms with Crippen LogP contribution in [0.3, 0.4) is 0 Å². The van der Waals surface area contributed by atoms with Gasteiger partial charge >= 0.3 is 0 Å². The molecule has 10 nitrogen and oxygen atoms in total. The van der Waals surface area contributed by atoms with Gasteiger partial charge in [-0.1, -0.05) is 47.6 Å². The predicted octanol–water partition coefficient (Wildman–Crippen LogP) is 1.68. The maximum absolute atomic E-state index is 10.5. The van der Waals surface area contributed by atoms with Crippen molar-refractivity contribution in [2.75, 3.05) is 6.61 Å². The van der Waals surface area contributed by atoms with Crippen molar-refractivity contribution >= 4 is 34.4 Å². The van der Waals surface area contributed by atoms with Gasteiger partial charge < -0.3 is 34.1 Å². The third kappa shape index (κ3) is 4.31. The summed E-state index contributed by atoms with van der Waals surface area (Å²) in [5.41, 5.74) is 1.12. The number of aliphatic hydroxyl groups is 4. The molecule has 178 valence electrons. The summed E-state index contributed by atoms with van der Waals surface area (Å²) < 4.78 is 13.3. The van der Waals surface area contributed by atoms with Crippen LogP contribution in [-0.4, -0.2) is 76.6 Å². The smallest absolute Gasteiger partial charge is 0.249 e. The van der Waals surface area contributed by atoms with Gasteiger partial charge in [0, 0.05) is 0 Å². The Morgan fingerprint density at radius 2 is 1.74 bits per heavy atom. The number of hydrogen-bond donors (Lipinski definition) is 4. The zero-order valence-corrected chi connectivity index (χ0v) is 19.2. The van der Waals surface area contributed by atoms with Crippen molar-refractivity contribution in [1.82, 2.24) is 19.7 Å². The standard InChI is InChI=1S/C22H21ClN4O6S/c23-12-6-2-1-5-11(12)20-26-25-16(33-20)9-27-14-8-4-3-7-13(14)24-22(27)34-21-19(31)18(30)17(29)15(10-28)32-21/h1-8,15,17-19,21,28-31H,9-10H2. The first-order valence-electron chi connectivity index (χ1n) is 10.5. The van der Waals surface area contributed by atoms with Crippen LogP contribution in [-0.2, 0) is 11.3 Å². The largest absolute Gasteiger partial charge is 0.419 e. The maximum Gasteiger partial charge on any atom is 0.249 e. The van der Waals surface area contributed by atoms with Crippen LogP contribution < -0.4 is 0 Å². The minimum absolute atomic E-state index is 0.178. The molecule has 1 aliphatic heterocycles. The number of aliphatic hydroxyl groups excluding tert-OH is 4. The highest BCUT2D eigenvalue weighted by molar-refractivity contribution is 7.99. The first-order valence-corrected chi connectivity index (χ1v) is 11.7. The van der Waals surface area contributed by atoms with Crippen molar-refractivity contribution in [2.24, 2.45) is 0 Å². The number of thioether (sulfide) groups is 1. The Morgan fingerprint density at radius 1 is 0.971 bits per heavy atom. The molecule has 0 amide bonds. The molecule has 5 unspecified atom stereocenters. The lowest BCUT2D eigenvalue weighted by atomic mass is 10.0. The summed E-state index contributed by atoms with van der Waals surface area (Å²) in [6, 6.07) is 14.6. The average molecular weight is 505 g/mol. The van der Waals surface area contributed by atoms with Crippen molar-refractivity contribution in [3.63, 3.8) is 0 Å². The molecule has 0 aliphatic carbocycles. The Morgan fingerprint density at radius 3 is 2.53 bits per heavy atom. The van der Waals surface area contributed by atoms with Gasteiger partial charge in [-0.05, 0) is 24.3 Å². The van der Waals surface area contributed by atoms with Crippen molar-refractivity contribution < 1.29 is 29.6 Å². The molecule has 4 aromatic rings. The van der Waals surface area contributed by atoms with Crippen LogP contribution >= 0.6 is 23.4 Å². The number of fused-ring (bicyclic) bond motifs is 1. The van der Waals surface area contributed by atoms with Crippen molar-refractivity contribution in [1.29, 1.82) is 0 Å². The molecule has 1 aliphatic rings. The second-order valence-electron chi connectivity index (χ2n) is 7.77. The molecule has 5 rings (SSSR count). The second-order valence-corrected chi connectivity index (χ2v) is 9.24. The van der Waals surface area contributed by atoms with Crippen LogP contribution in [0.4, 0.5) is 0 Å². The average Bonchev–Trinajstić information content (AvgIpc) is 3.45. The summed E-state index contributed by atoms with van der Waals surface area (Å²) in [5, 5.41) is 49.4. The number of imidazole rings is 1. The molecule has 3 heterocycles. The van der Waals surface area contributed by atoms with Crippen molar-refractivity contribution in [3.8, 4) is 11.5 Å². The number of hydrogen-bond acceptors (Lipinski definition) is 10. The lowest BCUT2D eigenvalue weighted by Gasteiger charge is -2.39. The Balaban J connectivity index is 1.46. The fourth-order valence-electron chi connectivity index (χ4n) is 3.76. The van der Waals surface area contributed by atoms with Crippen LogP contribution in [0, 0.1) is 0 Å². The topological polar surface area (TPSA) is 147 Å². The summed E-state index contributed by atoms with van der Waals surface area (Å²) in [4.78, 5) is 4.63. The molecule has 0 bridgehead atoms. The van der Waals surface area contributed by atoms with E-state index >= 15 is 0 Å². The minimum atomic E-state index is -1.48. The molecule has 12 heteroatoms. The summed E-state index contributed by atoms with van der Waals surface area (Å²) >= 11 is 7.30. The maximum atomic E-state index is 10.5. The van der Waals surface area contributed by atoms with Gasteiger partial charge in [0.25, 0.3) is 0 Å². The monoisotopic (exact) mass is 504 g/mol. The lowest BCUT2D eigenvalue weighted by molar-refractivity contribution is -0.205. The van der Waals surface area contributed by atoms with E-state index in [0.29, 0.717) is 27.1 Å².